The van der Waals surface area contributed by atoms with Crippen molar-refractivity contribution in [3.8, 4) is 0 Å². The van der Waals surface area contributed by atoms with E-state index in [1.807, 2.05) is 26.1 Å². The van der Waals surface area contributed by atoms with Gasteiger partial charge in [0.25, 0.3) is 0 Å². The number of rotatable bonds is 5. The van der Waals surface area contributed by atoms with Gasteiger partial charge in [0.15, 0.2) is 0 Å². The van der Waals surface area contributed by atoms with Gasteiger partial charge in [-0.05, 0) is 39.1 Å². The first-order valence-corrected chi connectivity index (χ1v) is 5.10. The summed E-state index contributed by atoms with van der Waals surface area (Å²) >= 11 is 0. The van der Waals surface area contributed by atoms with Crippen LogP contribution in [-0.4, -0.2) is 24.5 Å². The van der Waals surface area contributed by atoms with Gasteiger partial charge in [0.1, 0.15) is 5.82 Å². The molecule has 0 unspecified atom stereocenters. The quantitative estimate of drug-likeness (QED) is 0.813. The summed E-state index contributed by atoms with van der Waals surface area (Å²) < 4.78 is 0. The summed E-state index contributed by atoms with van der Waals surface area (Å²) in [6.07, 6.45) is 1.37. The van der Waals surface area contributed by atoms with Crippen LogP contribution >= 0.6 is 24.8 Å². The molecule has 1 heterocycles. The number of aromatic nitrogens is 1. The Morgan fingerprint density at radius 1 is 1.35 bits per heavy atom. The smallest absolute Gasteiger partial charge is 0.225 e. The van der Waals surface area contributed by atoms with E-state index in [0.29, 0.717) is 12.2 Å². The maximum Gasteiger partial charge on any atom is 0.225 e. The van der Waals surface area contributed by atoms with E-state index in [1.54, 1.807) is 6.07 Å². The number of hydrogen-bond acceptors (Lipinski definition) is 3. The zero-order valence-electron chi connectivity index (χ0n) is 10.0. The molecule has 0 radical (unpaired) electrons. The number of carbonyl (C=O) groups excluding carboxylic acids is 1. The van der Waals surface area contributed by atoms with Gasteiger partial charge in [-0.1, -0.05) is 6.07 Å². The van der Waals surface area contributed by atoms with Crippen LogP contribution in [-0.2, 0) is 4.79 Å². The zero-order chi connectivity index (χ0) is 11.1. The van der Waals surface area contributed by atoms with Crippen LogP contribution in [0.1, 0.15) is 18.5 Å². The fourth-order valence-corrected chi connectivity index (χ4v) is 1.24. The van der Waals surface area contributed by atoms with Crippen molar-refractivity contribution in [3.05, 3.63) is 23.9 Å². The lowest BCUT2D eigenvalue weighted by molar-refractivity contribution is -0.116. The lowest BCUT2D eigenvalue weighted by Crippen LogP contribution is -2.15. The minimum Gasteiger partial charge on any atom is -0.320 e. The molecule has 0 atom stereocenters. The Morgan fingerprint density at radius 3 is 2.65 bits per heavy atom. The molecule has 0 saturated carbocycles. The minimum atomic E-state index is 0. The molecule has 0 aliphatic rings. The molecule has 1 rings (SSSR count). The minimum absolute atomic E-state index is 0. The molecule has 2 N–H and O–H groups in total. The summed E-state index contributed by atoms with van der Waals surface area (Å²) in [4.78, 5) is 15.6. The third kappa shape index (κ3) is 7.96. The summed E-state index contributed by atoms with van der Waals surface area (Å²) in [6.45, 7) is 2.76. The molecule has 98 valence electrons. The zero-order valence-corrected chi connectivity index (χ0v) is 11.7. The topological polar surface area (TPSA) is 54.0 Å². The van der Waals surface area contributed by atoms with E-state index in [-0.39, 0.29) is 30.7 Å². The molecular weight excluding hydrogens is 261 g/mol. The summed E-state index contributed by atoms with van der Waals surface area (Å²) in [7, 11) is 1.88. The van der Waals surface area contributed by atoms with Crippen molar-refractivity contribution in [3.63, 3.8) is 0 Å². The number of aryl methyl sites for hydroxylation is 1. The molecule has 0 fully saturated rings. The Hall–Kier alpha value is -0.840. The largest absolute Gasteiger partial charge is 0.320 e. The highest BCUT2D eigenvalue weighted by Crippen LogP contribution is 2.04. The predicted octanol–water partition coefficient (Wildman–Crippen LogP) is 2.17. The first-order valence-electron chi connectivity index (χ1n) is 5.10. The van der Waals surface area contributed by atoms with Crippen molar-refractivity contribution in [2.45, 2.75) is 19.8 Å². The van der Waals surface area contributed by atoms with Crippen LogP contribution in [0.3, 0.4) is 0 Å². The van der Waals surface area contributed by atoms with Crippen LogP contribution in [0.5, 0.6) is 0 Å². The number of nitrogens with one attached hydrogen (secondary N) is 2. The predicted molar refractivity (Wildman–Crippen MR) is 75.3 cm³/mol. The standard InChI is InChI=1S/C11H17N3O.2ClH/c1-9-5-3-6-10(13-9)14-11(15)7-4-8-12-2;;/h3,5-6,12H,4,7-8H2,1-2H3,(H,13,14,15);2*1H. The average Bonchev–Trinajstić information content (AvgIpc) is 2.18. The molecule has 0 aliphatic carbocycles. The third-order valence-electron chi connectivity index (χ3n) is 1.99. The van der Waals surface area contributed by atoms with Gasteiger partial charge >= 0.3 is 0 Å². The van der Waals surface area contributed by atoms with Gasteiger partial charge in [-0.2, -0.15) is 0 Å². The van der Waals surface area contributed by atoms with E-state index >= 15 is 0 Å². The van der Waals surface area contributed by atoms with Crippen molar-refractivity contribution >= 4 is 36.5 Å². The number of amides is 1. The fraction of sp³-hybridized carbons (Fsp3) is 0.455. The Morgan fingerprint density at radius 2 is 2.06 bits per heavy atom. The van der Waals surface area contributed by atoms with Gasteiger partial charge in [-0.25, -0.2) is 4.98 Å². The van der Waals surface area contributed by atoms with Crippen LogP contribution in [0.2, 0.25) is 0 Å². The molecule has 0 bridgehead atoms. The second-order valence-corrected chi connectivity index (χ2v) is 3.42. The maximum absolute atomic E-state index is 11.4. The van der Waals surface area contributed by atoms with Crippen LogP contribution < -0.4 is 10.6 Å². The molecule has 1 aromatic rings. The lowest BCUT2D eigenvalue weighted by atomic mass is 10.3. The number of hydrogen-bond donors (Lipinski definition) is 2. The molecule has 0 aliphatic heterocycles. The van der Waals surface area contributed by atoms with Crippen LogP contribution in [0.25, 0.3) is 0 Å². The van der Waals surface area contributed by atoms with Crippen molar-refractivity contribution in [1.82, 2.24) is 10.3 Å². The SMILES string of the molecule is CNCCCC(=O)Nc1cccc(C)n1.Cl.Cl. The van der Waals surface area contributed by atoms with Crippen molar-refractivity contribution in [2.75, 3.05) is 18.9 Å². The van der Waals surface area contributed by atoms with Crippen LogP contribution in [0.15, 0.2) is 18.2 Å². The Bertz CT molecular complexity index is 334. The molecule has 0 spiro atoms. The van der Waals surface area contributed by atoms with Gasteiger partial charge in [-0.3, -0.25) is 4.79 Å². The van der Waals surface area contributed by atoms with Gasteiger partial charge < -0.3 is 10.6 Å². The van der Waals surface area contributed by atoms with E-state index in [9.17, 15) is 4.79 Å². The van der Waals surface area contributed by atoms with Gasteiger partial charge in [-0.15, -0.1) is 24.8 Å². The first kappa shape index (κ1) is 18.5. The number of halogens is 2. The number of pyridine rings is 1. The number of anilines is 1. The molecule has 1 amide bonds. The summed E-state index contributed by atoms with van der Waals surface area (Å²) in [5.41, 5.74) is 0.906. The molecule has 1 aromatic heterocycles. The maximum atomic E-state index is 11.4. The van der Waals surface area contributed by atoms with Crippen LogP contribution in [0.4, 0.5) is 5.82 Å². The third-order valence-corrected chi connectivity index (χ3v) is 1.99. The van der Waals surface area contributed by atoms with E-state index < -0.39 is 0 Å². The molecule has 6 heteroatoms. The highest BCUT2D eigenvalue weighted by molar-refractivity contribution is 5.89. The highest BCUT2D eigenvalue weighted by Gasteiger charge is 2.02. The first-order chi connectivity index (χ1) is 7.22. The normalized spacial score (nSPS) is 8.82. The molecule has 0 aromatic carbocycles. The van der Waals surface area contributed by atoms with E-state index in [0.717, 1.165) is 18.7 Å². The number of nitrogens with zero attached hydrogens (tertiary/aromatic N) is 1. The molecule has 0 saturated heterocycles. The van der Waals surface area contributed by atoms with E-state index in [4.69, 9.17) is 0 Å². The van der Waals surface area contributed by atoms with Crippen LogP contribution in [0, 0.1) is 6.92 Å². The second-order valence-electron chi connectivity index (χ2n) is 3.42. The van der Waals surface area contributed by atoms with Crippen molar-refractivity contribution < 1.29 is 4.79 Å². The van der Waals surface area contributed by atoms with E-state index in [2.05, 4.69) is 15.6 Å². The second kappa shape index (κ2) is 10.3. The van der Waals surface area contributed by atoms with Crippen molar-refractivity contribution in [2.24, 2.45) is 0 Å². The highest BCUT2D eigenvalue weighted by atomic mass is 35.5. The summed E-state index contributed by atoms with van der Waals surface area (Å²) in [5, 5.41) is 5.76. The van der Waals surface area contributed by atoms with Gasteiger partial charge in [0.05, 0.1) is 0 Å². The van der Waals surface area contributed by atoms with Gasteiger partial charge in [0.2, 0.25) is 5.91 Å². The summed E-state index contributed by atoms with van der Waals surface area (Å²) in [5.74, 6) is 0.646. The molecule has 17 heavy (non-hydrogen) atoms. The lowest BCUT2D eigenvalue weighted by Gasteiger charge is -2.04. The summed E-state index contributed by atoms with van der Waals surface area (Å²) in [6, 6.07) is 5.57. The Balaban J connectivity index is 0. The average molecular weight is 280 g/mol. The monoisotopic (exact) mass is 279 g/mol. The fourth-order valence-electron chi connectivity index (χ4n) is 1.24. The number of carbonyl (C=O) groups is 1. The Kier molecular flexibility index (Phi) is 11.2. The van der Waals surface area contributed by atoms with Gasteiger partial charge in [0, 0.05) is 12.1 Å². The van der Waals surface area contributed by atoms with Crippen molar-refractivity contribution in [1.29, 1.82) is 0 Å². The molecule has 4 nitrogen and oxygen atoms in total. The Labute approximate surface area is 114 Å². The van der Waals surface area contributed by atoms with E-state index in [1.165, 1.54) is 0 Å². The molecular formula is C11H19Cl2N3O.